The first-order chi connectivity index (χ1) is 31.1. The van der Waals surface area contributed by atoms with Gasteiger partial charge in [-0.05, 0) is 117 Å². The van der Waals surface area contributed by atoms with Crippen molar-refractivity contribution in [2.75, 3.05) is 7.11 Å². The normalized spacial score (nSPS) is 48.0. The highest BCUT2D eigenvalue weighted by atomic mass is 16.7. The van der Waals surface area contributed by atoms with Gasteiger partial charge in [-0.25, -0.2) is 9.59 Å². The van der Waals surface area contributed by atoms with Crippen LogP contribution in [0, 0.1) is 41.4 Å². The van der Waals surface area contributed by atoms with E-state index in [1.807, 2.05) is 48.5 Å². The monoisotopic (exact) mass is 957 g/mol. The zero-order valence-corrected chi connectivity index (χ0v) is 42.1. The predicted molar refractivity (Wildman–Crippen MR) is 241 cm³/mol. The molecule has 6 N–H and O–H groups in total. The summed E-state index contributed by atoms with van der Waals surface area (Å²) in [7, 11) is 1.04. The number of aliphatic hydroxyl groups is 5. The van der Waals surface area contributed by atoms with Crippen molar-refractivity contribution in [3.8, 4) is 0 Å². The van der Waals surface area contributed by atoms with Crippen molar-refractivity contribution in [2.24, 2.45) is 41.4 Å². The topological polar surface area (TPSA) is 246 Å². The molecule has 67 heavy (non-hydrogen) atoms. The number of aliphatic carboxylic acids is 1. The van der Waals surface area contributed by atoms with Gasteiger partial charge in [-0.2, -0.15) is 0 Å². The molecule has 6 aliphatic heterocycles. The number of carbonyl (C=O) groups excluding carboxylic acids is 2. The summed E-state index contributed by atoms with van der Waals surface area (Å²) in [6.07, 6.45) is -1.01. The number of carbonyl (C=O) groups is 3. The Kier molecular flexibility index (Phi) is 16.4. The Balaban J connectivity index is 1.19. The van der Waals surface area contributed by atoms with Crippen molar-refractivity contribution in [1.29, 1.82) is 0 Å². The van der Waals surface area contributed by atoms with Crippen molar-refractivity contribution in [1.82, 2.24) is 0 Å². The van der Waals surface area contributed by atoms with E-state index < -0.39 is 125 Å². The number of carboxylic acids is 1. The molecule has 6 heterocycles. The van der Waals surface area contributed by atoms with E-state index in [1.54, 1.807) is 27.7 Å². The van der Waals surface area contributed by atoms with Crippen LogP contribution in [-0.4, -0.2) is 145 Å². The fourth-order valence-corrected chi connectivity index (χ4v) is 12.7. The lowest BCUT2D eigenvalue weighted by molar-refractivity contribution is -0.373. The first-order valence-electron chi connectivity index (χ1n) is 25.2. The van der Waals surface area contributed by atoms with Crippen LogP contribution in [0.4, 0.5) is 0 Å². The number of hydrogen-bond acceptors (Lipinski definition) is 16. The summed E-state index contributed by atoms with van der Waals surface area (Å²) in [6.45, 7) is 20.3. The highest BCUT2D eigenvalue weighted by Crippen LogP contribution is 2.56. The molecule has 0 aromatic rings. The molecular weight excluding hydrogens is 873 g/mol. The maximum absolute atomic E-state index is 13.3. The molecule has 6 fully saturated rings. The number of hydrogen-bond donors (Lipinski definition) is 6. The number of rotatable bonds is 14. The molecule has 0 aromatic carbocycles. The van der Waals surface area contributed by atoms with Crippen molar-refractivity contribution in [3.63, 3.8) is 0 Å². The van der Waals surface area contributed by atoms with Gasteiger partial charge in [0.05, 0.1) is 67.0 Å². The molecule has 6 rings (SSSR count). The summed E-state index contributed by atoms with van der Waals surface area (Å²) in [6, 6.07) is 0. The van der Waals surface area contributed by atoms with E-state index >= 15 is 0 Å². The van der Waals surface area contributed by atoms with Gasteiger partial charge in [-0.1, -0.05) is 48.5 Å². The van der Waals surface area contributed by atoms with Crippen LogP contribution in [0.25, 0.3) is 0 Å². The van der Waals surface area contributed by atoms with Gasteiger partial charge in [0.25, 0.3) is 0 Å². The summed E-state index contributed by atoms with van der Waals surface area (Å²) < 4.78 is 49.9. The Morgan fingerprint density at radius 1 is 0.776 bits per heavy atom. The van der Waals surface area contributed by atoms with Gasteiger partial charge in [-0.15, -0.1) is 0 Å². The first-order valence-corrected chi connectivity index (χ1v) is 25.2. The third kappa shape index (κ3) is 10.6. The third-order valence-corrected chi connectivity index (χ3v) is 17.5. The SMILES string of the molecule is CC[C@@H]1O[C@@H]([C@]2(C)C[C@@H](C)[C@](O)([C@]3(C)CC[C@@H]([C@@H](OC(=O)C(=O)OC)[C@]4(O)O[C@H](C[C@@]5(O)O[C@@H]([C@@H](C)[C@H](O)C[C@H]6CC[C@H](C)[C@@H]([C@@H](C)C(=O)O)O6)CC[C@@H]5C)[C@@H](C)C[C@H]4C)O3)O2)CC[C@@]1(C)O. The predicted octanol–water partition coefficient (Wildman–Crippen LogP) is 5.16. The second kappa shape index (κ2) is 20.2. The standard InChI is InChI=1S/C50H84O17/c1-13-38-45(9,56)20-19-39(62-38)46(10)24-30(6)50(59,67-46)47(11)21-18-36(64-47)41(63-44(55)43(54)60-12)49(58)29(5)22-27(3)37(66-49)25-48(57)28(4)15-17-35(65-48)31(7)34(51)23-33-16-14-26(2)40(61-33)32(8)42(52)53/h26-41,51,56-59H,13-25H2,1-12H3,(H,52,53)/t26-,27-,28-,29+,30+,31-,32+,33+,34+,35+,36-,37+,38-,39+,40-,41+,45+,46-,47-,48+,49+,50+/m0/s1. The number of ether oxygens (including phenoxy) is 8. The molecule has 0 bridgehead atoms. The number of aliphatic hydroxyl groups excluding tert-OH is 1. The van der Waals surface area contributed by atoms with E-state index in [-0.39, 0.29) is 49.5 Å². The summed E-state index contributed by atoms with van der Waals surface area (Å²) in [5.74, 6) is -12.2. The van der Waals surface area contributed by atoms with Gasteiger partial charge in [0.2, 0.25) is 5.79 Å². The molecule has 0 aliphatic carbocycles. The van der Waals surface area contributed by atoms with Gasteiger partial charge in [-0.3, -0.25) is 4.79 Å². The zero-order valence-electron chi connectivity index (χ0n) is 42.1. The van der Waals surface area contributed by atoms with E-state index in [4.69, 9.17) is 37.9 Å². The lowest BCUT2D eigenvalue weighted by Gasteiger charge is -2.52. The average Bonchev–Trinajstić information content (AvgIpc) is 3.79. The van der Waals surface area contributed by atoms with Crippen LogP contribution in [0.5, 0.6) is 0 Å². The summed E-state index contributed by atoms with van der Waals surface area (Å²) >= 11 is 0. The van der Waals surface area contributed by atoms with E-state index in [2.05, 4.69) is 0 Å². The van der Waals surface area contributed by atoms with Crippen molar-refractivity contribution in [2.45, 2.75) is 249 Å². The molecule has 22 atom stereocenters. The number of methoxy groups -OCH3 is 1. The maximum atomic E-state index is 13.3. The Hall–Kier alpha value is -2.03. The van der Waals surface area contributed by atoms with E-state index in [9.17, 15) is 45.0 Å². The quantitative estimate of drug-likeness (QED) is 0.0973. The van der Waals surface area contributed by atoms with Gasteiger partial charge in [0.15, 0.2) is 17.7 Å². The number of carboxylic acid groups (broad SMARTS) is 1. The molecule has 0 amide bonds. The summed E-state index contributed by atoms with van der Waals surface area (Å²) in [4.78, 5) is 37.7. The highest BCUT2D eigenvalue weighted by Gasteiger charge is 2.68. The third-order valence-electron chi connectivity index (χ3n) is 17.5. The fourth-order valence-electron chi connectivity index (χ4n) is 12.7. The Labute approximate surface area is 397 Å². The molecule has 0 aromatic heterocycles. The molecule has 0 radical (unpaired) electrons. The molecule has 17 heteroatoms. The average molecular weight is 957 g/mol. The fraction of sp³-hybridized carbons (Fsp3) is 0.940. The minimum atomic E-state index is -2.26. The van der Waals surface area contributed by atoms with Gasteiger partial charge in [0.1, 0.15) is 11.7 Å². The molecule has 0 spiro atoms. The van der Waals surface area contributed by atoms with Crippen LogP contribution in [-0.2, 0) is 52.3 Å². The Bertz CT molecular complexity index is 1750. The highest BCUT2D eigenvalue weighted by molar-refractivity contribution is 6.29. The van der Waals surface area contributed by atoms with Gasteiger partial charge < -0.3 is 68.5 Å². The van der Waals surface area contributed by atoms with Crippen molar-refractivity contribution >= 4 is 17.9 Å². The van der Waals surface area contributed by atoms with Gasteiger partial charge in [0, 0.05) is 30.1 Å². The van der Waals surface area contributed by atoms with Crippen LogP contribution in [0.15, 0.2) is 0 Å². The molecule has 0 unspecified atom stereocenters. The van der Waals surface area contributed by atoms with Crippen LogP contribution < -0.4 is 0 Å². The van der Waals surface area contributed by atoms with Crippen LogP contribution >= 0.6 is 0 Å². The Morgan fingerprint density at radius 2 is 1.46 bits per heavy atom. The molecule has 6 saturated heterocycles. The van der Waals surface area contributed by atoms with Crippen LogP contribution in [0.2, 0.25) is 0 Å². The molecule has 6 aliphatic rings. The van der Waals surface area contributed by atoms with Gasteiger partial charge >= 0.3 is 17.9 Å². The zero-order chi connectivity index (χ0) is 49.8. The van der Waals surface area contributed by atoms with Crippen LogP contribution in [0.1, 0.15) is 160 Å². The van der Waals surface area contributed by atoms with E-state index in [0.29, 0.717) is 51.4 Å². The van der Waals surface area contributed by atoms with E-state index in [0.717, 1.165) is 13.5 Å². The number of esters is 2. The molecule has 0 saturated carbocycles. The largest absolute Gasteiger partial charge is 0.481 e. The Morgan fingerprint density at radius 3 is 2.10 bits per heavy atom. The molecular formula is C50H84O17. The minimum Gasteiger partial charge on any atom is -0.481 e. The van der Waals surface area contributed by atoms with E-state index in [1.165, 1.54) is 0 Å². The molecule has 17 nitrogen and oxygen atoms in total. The lowest BCUT2D eigenvalue weighted by Crippen LogP contribution is -2.64. The lowest BCUT2D eigenvalue weighted by atomic mass is 9.76. The maximum Gasteiger partial charge on any atom is 0.418 e. The molecule has 386 valence electrons. The second-order valence-corrected chi connectivity index (χ2v) is 22.6. The first kappa shape index (κ1) is 54.3. The summed E-state index contributed by atoms with van der Waals surface area (Å²) in [5.41, 5.74) is -3.33. The van der Waals surface area contributed by atoms with Crippen molar-refractivity contribution < 1.29 is 82.9 Å². The minimum absolute atomic E-state index is 0.0681. The van der Waals surface area contributed by atoms with Crippen LogP contribution in [0.3, 0.4) is 0 Å². The second-order valence-electron chi connectivity index (χ2n) is 22.6. The summed E-state index contributed by atoms with van der Waals surface area (Å²) in [5, 5.41) is 70.0. The van der Waals surface area contributed by atoms with Crippen molar-refractivity contribution in [3.05, 3.63) is 0 Å². The smallest absolute Gasteiger partial charge is 0.418 e.